The van der Waals surface area contributed by atoms with E-state index in [0.717, 1.165) is 154 Å². The van der Waals surface area contributed by atoms with Gasteiger partial charge in [0.05, 0.1) is 26.4 Å². The van der Waals surface area contributed by atoms with Crippen molar-refractivity contribution >= 4 is 33.6 Å². The highest BCUT2D eigenvalue weighted by Gasteiger charge is 2.30. The lowest BCUT2D eigenvalue weighted by atomic mass is 10.0. The van der Waals surface area contributed by atoms with Crippen molar-refractivity contribution in [1.82, 2.24) is 0 Å². The van der Waals surface area contributed by atoms with Crippen molar-refractivity contribution in [3.05, 3.63) is 158 Å². The van der Waals surface area contributed by atoms with Crippen LogP contribution in [0.15, 0.2) is 158 Å². The van der Waals surface area contributed by atoms with Gasteiger partial charge in [-0.15, -0.1) is 0 Å². The number of phosphoric acid groups is 2. The Kier molecular flexibility index (Phi) is 94.4. The van der Waals surface area contributed by atoms with Gasteiger partial charge in [0.2, 0.25) is 0 Å². The smallest absolute Gasteiger partial charge is 0.463 e. The Hall–Kier alpha value is -4.83. The molecule has 0 heterocycles. The van der Waals surface area contributed by atoms with Gasteiger partial charge in [-0.25, -0.2) is 9.13 Å². The molecule has 0 bridgehead atoms. The molecular weight excluding hydrogens is 1600 g/mol. The van der Waals surface area contributed by atoms with Crippen molar-refractivity contribution in [3.8, 4) is 0 Å². The molecule has 0 aromatic heterocycles. The van der Waals surface area contributed by atoms with Gasteiger partial charge in [0.1, 0.15) is 25.4 Å². The summed E-state index contributed by atoms with van der Waals surface area (Å²) in [5, 5.41) is 20.8. The predicted molar refractivity (Wildman–Crippen MR) is 528 cm³/mol. The quantitative estimate of drug-likeness (QED) is 0.0146. The third kappa shape index (κ3) is 99.6. The van der Waals surface area contributed by atoms with Gasteiger partial charge in [0.25, 0.3) is 0 Å². The third-order valence-corrected chi connectivity index (χ3v) is 23.6. The highest BCUT2D eigenvalue weighted by atomic mass is 31.2. The highest BCUT2D eigenvalue weighted by Crippen LogP contribution is 2.45. The maximum absolute atomic E-state index is 13.1. The Bertz CT molecular complexity index is 2900. The number of unbranched alkanes of at least 4 members (excludes halogenated alkanes) is 47. The van der Waals surface area contributed by atoms with E-state index in [1.54, 1.807) is 0 Å². The third-order valence-electron chi connectivity index (χ3n) is 21.7. The summed E-state index contributed by atoms with van der Waals surface area (Å²) in [7, 11) is -9.82. The molecular formula is C107H186O16P2. The summed E-state index contributed by atoms with van der Waals surface area (Å²) < 4.78 is 61.6. The van der Waals surface area contributed by atoms with Crippen LogP contribution in [0.25, 0.3) is 0 Å². The molecule has 0 aliphatic rings. The molecule has 5 atom stereocenters. The summed E-state index contributed by atoms with van der Waals surface area (Å²) in [5.74, 6) is -1.57. The number of carbonyl (C=O) groups excluding carboxylic acids is 3. The van der Waals surface area contributed by atoms with Crippen LogP contribution in [-0.4, -0.2) is 95.9 Å². The standard InChI is InChI=1S/C107H186O16P2/c1-4-7-10-13-16-19-22-25-28-31-34-37-40-42-44-46-48-49-50-51-53-55-56-58-61-63-66-69-72-75-78-81-84-87-90-93-105(110)117-96-102(108)97-119-124(113,114)120-98-103(109)99-121-125(115,116)122-101-104(123-107(112)95-92-89-86-83-80-77-74-71-68-65-60-39-36-33-30-27-24-21-18-15-12-9-6-3)100-118-106(111)94-91-88-85-82-79-76-73-70-67-64-62-59-57-54-52-47-45-43-41-38-35-32-29-26-23-20-17-14-11-8-5-2/h9,12,16-21,25-30,34-39,42-45,65,68,102-104,108-109H,4-8,10-11,13-15,22-24,31-33,40-41,46-64,66-67,69-101H2,1-3H3,(H,113,114)(H,115,116)/b12-9-,19-16-,20-17-,21-18-,28-25-,29-26-,30-27-,37-34-,38-35-,39-36-,44-42-,45-43-,68-65-. The lowest BCUT2D eigenvalue weighted by molar-refractivity contribution is -0.161. The van der Waals surface area contributed by atoms with E-state index in [4.69, 9.17) is 32.3 Å². The largest absolute Gasteiger partial charge is 0.472 e. The van der Waals surface area contributed by atoms with E-state index in [-0.39, 0.29) is 19.3 Å². The molecule has 0 saturated carbocycles. The molecule has 0 spiro atoms. The van der Waals surface area contributed by atoms with Gasteiger partial charge < -0.3 is 34.2 Å². The molecule has 125 heavy (non-hydrogen) atoms. The van der Waals surface area contributed by atoms with E-state index in [1.165, 1.54) is 231 Å². The van der Waals surface area contributed by atoms with Crippen molar-refractivity contribution in [3.63, 3.8) is 0 Å². The zero-order chi connectivity index (χ0) is 90.7. The van der Waals surface area contributed by atoms with Crippen LogP contribution in [0.3, 0.4) is 0 Å². The molecule has 0 radical (unpaired) electrons. The topological polar surface area (TPSA) is 231 Å². The number of carbonyl (C=O) groups is 3. The number of hydrogen-bond donors (Lipinski definition) is 4. The number of aliphatic hydroxyl groups excluding tert-OH is 2. The molecule has 0 aliphatic heterocycles. The lowest BCUT2D eigenvalue weighted by Crippen LogP contribution is -2.30. The minimum Gasteiger partial charge on any atom is -0.463 e. The van der Waals surface area contributed by atoms with Gasteiger partial charge in [0.15, 0.2) is 6.10 Å². The van der Waals surface area contributed by atoms with Crippen molar-refractivity contribution in [2.75, 3.05) is 39.6 Å². The molecule has 720 valence electrons. The average molecular weight is 1790 g/mol. The molecule has 0 aliphatic carbocycles. The van der Waals surface area contributed by atoms with Gasteiger partial charge in [-0.05, 0) is 154 Å². The fourth-order valence-corrected chi connectivity index (χ4v) is 15.6. The first-order valence-corrected chi connectivity index (χ1v) is 53.8. The van der Waals surface area contributed by atoms with Gasteiger partial charge >= 0.3 is 33.6 Å². The minimum absolute atomic E-state index is 0.0891. The van der Waals surface area contributed by atoms with Gasteiger partial charge in [0, 0.05) is 19.3 Å². The first-order chi connectivity index (χ1) is 61.2. The Morgan fingerprint density at radius 2 is 0.424 bits per heavy atom. The van der Waals surface area contributed by atoms with E-state index >= 15 is 0 Å². The van der Waals surface area contributed by atoms with Crippen molar-refractivity contribution in [2.24, 2.45) is 0 Å². The van der Waals surface area contributed by atoms with Gasteiger partial charge in [-0.3, -0.25) is 32.5 Å². The SMILES string of the molecule is CC/C=C\C/C=C\C/C=C\C/C=C\C/C=C\CCCCCCCCCC(=O)OC(COC(=O)CCCCCCCCCCCCCCCCC/C=C\C/C=C\C/C=C\C/C=C\CCCCC)COP(=O)(O)OCC(O)COP(=O)(O)OCC(O)COC(=O)CCCCCCCCCCCCCCCCCCCCC/C=C\C/C=C\C/C=C\C/C=C\CCCCC. The van der Waals surface area contributed by atoms with Crippen LogP contribution in [0.2, 0.25) is 0 Å². The molecule has 16 nitrogen and oxygen atoms in total. The molecule has 0 fully saturated rings. The maximum Gasteiger partial charge on any atom is 0.472 e. The Labute approximate surface area is 765 Å². The first kappa shape index (κ1) is 120. The number of esters is 3. The number of aliphatic hydroxyl groups is 2. The summed E-state index contributed by atoms with van der Waals surface area (Å²) >= 11 is 0. The highest BCUT2D eigenvalue weighted by molar-refractivity contribution is 7.47. The van der Waals surface area contributed by atoms with E-state index in [2.05, 4.69) is 179 Å². The fraction of sp³-hybridized carbons (Fsp3) is 0.729. The van der Waals surface area contributed by atoms with Crippen molar-refractivity contribution < 1.29 is 75.8 Å². The first-order valence-electron chi connectivity index (χ1n) is 50.8. The van der Waals surface area contributed by atoms with E-state index in [0.29, 0.717) is 19.3 Å². The lowest BCUT2D eigenvalue weighted by Gasteiger charge is -2.21. The van der Waals surface area contributed by atoms with Crippen molar-refractivity contribution in [1.29, 1.82) is 0 Å². The van der Waals surface area contributed by atoms with E-state index in [9.17, 15) is 43.5 Å². The van der Waals surface area contributed by atoms with Crippen LogP contribution >= 0.6 is 15.6 Å². The Morgan fingerprint density at radius 3 is 0.672 bits per heavy atom. The van der Waals surface area contributed by atoms with Gasteiger partial charge in [-0.2, -0.15) is 0 Å². The van der Waals surface area contributed by atoms with Gasteiger partial charge in [-0.1, -0.05) is 429 Å². The Balaban J connectivity index is 4.55. The normalized spacial score (nSPS) is 14.3. The second-order valence-corrected chi connectivity index (χ2v) is 36.8. The van der Waals surface area contributed by atoms with Crippen LogP contribution < -0.4 is 0 Å². The molecule has 0 saturated heterocycles. The number of rotatable bonds is 96. The van der Waals surface area contributed by atoms with Crippen LogP contribution in [-0.2, 0) is 55.8 Å². The van der Waals surface area contributed by atoms with Crippen LogP contribution in [0.4, 0.5) is 0 Å². The van der Waals surface area contributed by atoms with Crippen LogP contribution in [0.1, 0.15) is 445 Å². The molecule has 18 heteroatoms. The number of hydrogen-bond acceptors (Lipinski definition) is 14. The number of allylic oxidation sites excluding steroid dienone is 26. The Morgan fingerprint density at radius 1 is 0.232 bits per heavy atom. The fourth-order valence-electron chi connectivity index (χ4n) is 14.0. The zero-order valence-corrected chi connectivity index (χ0v) is 81.5. The molecule has 0 rings (SSSR count). The molecule has 0 aromatic rings. The van der Waals surface area contributed by atoms with E-state index in [1.807, 2.05) is 0 Å². The summed E-state index contributed by atoms with van der Waals surface area (Å²) in [5.41, 5.74) is 0. The average Bonchev–Trinajstić information content (AvgIpc) is 0.898. The summed E-state index contributed by atoms with van der Waals surface area (Å²) in [4.78, 5) is 59.2. The second kappa shape index (κ2) is 98.2. The minimum atomic E-state index is -4.95. The number of phosphoric ester groups is 2. The molecule has 4 N–H and O–H groups in total. The predicted octanol–water partition coefficient (Wildman–Crippen LogP) is 32.0. The summed E-state index contributed by atoms with van der Waals surface area (Å²) in [6.07, 6.45) is 127. The summed E-state index contributed by atoms with van der Waals surface area (Å²) in [6, 6.07) is 0. The zero-order valence-electron chi connectivity index (χ0n) is 79.7. The molecule has 0 aromatic carbocycles. The van der Waals surface area contributed by atoms with E-state index < -0.39 is 91.5 Å². The molecule has 5 unspecified atom stereocenters. The van der Waals surface area contributed by atoms with Crippen LogP contribution in [0, 0.1) is 0 Å². The maximum atomic E-state index is 13.1. The molecule has 0 amide bonds. The monoisotopic (exact) mass is 1790 g/mol. The summed E-state index contributed by atoms with van der Waals surface area (Å²) in [6.45, 7) is 2.57. The van der Waals surface area contributed by atoms with Crippen LogP contribution in [0.5, 0.6) is 0 Å². The van der Waals surface area contributed by atoms with Crippen molar-refractivity contribution in [2.45, 2.75) is 463 Å². The second-order valence-electron chi connectivity index (χ2n) is 33.9. The number of ether oxygens (including phenoxy) is 3.